The molecule has 0 radical (unpaired) electrons. The van der Waals surface area contributed by atoms with E-state index in [0.29, 0.717) is 29.3 Å². The summed E-state index contributed by atoms with van der Waals surface area (Å²) in [5, 5.41) is 11.9. The minimum Gasteiger partial charge on any atom is -0.456 e. The van der Waals surface area contributed by atoms with Crippen LogP contribution in [0.15, 0.2) is 72.3 Å². The number of likely N-dealkylation sites (N-methyl/N-ethyl adjacent to an activating group) is 1. The Kier molecular flexibility index (Phi) is 9.75. The molecular weight excluding hydrogens is 576 g/mol. The average molecular weight is 617 g/mol. The number of fused-ring (bicyclic) bond motifs is 2. The van der Waals surface area contributed by atoms with E-state index in [2.05, 4.69) is 11.4 Å². The molecule has 2 amide bonds. The summed E-state index contributed by atoms with van der Waals surface area (Å²) in [6.07, 6.45) is 8.59. The van der Waals surface area contributed by atoms with Crippen LogP contribution in [-0.4, -0.2) is 91.3 Å². The molecule has 2 saturated heterocycles. The van der Waals surface area contributed by atoms with Crippen LogP contribution in [0.1, 0.15) is 47.2 Å². The number of amides is 2. The third-order valence-electron chi connectivity index (χ3n) is 9.03. The molecule has 45 heavy (non-hydrogen) atoms. The van der Waals surface area contributed by atoms with E-state index in [9.17, 15) is 19.5 Å². The molecule has 7 atom stereocenters. The zero-order valence-electron chi connectivity index (χ0n) is 25.4. The Hall–Kier alpha value is -3.83. The van der Waals surface area contributed by atoms with Crippen molar-refractivity contribution in [2.75, 3.05) is 27.0 Å². The number of nitrogens with zero attached hydrogens (tertiary/aromatic N) is 1. The number of aliphatic hydroxyl groups excluding tert-OH is 1. The van der Waals surface area contributed by atoms with Crippen LogP contribution < -0.4 is 5.32 Å². The van der Waals surface area contributed by atoms with Gasteiger partial charge in [0.2, 0.25) is 11.8 Å². The maximum Gasteiger partial charge on any atom is 0.338 e. The van der Waals surface area contributed by atoms with Gasteiger partial charge in [-0.15, -0.1) is 0 Å². The summed E-state index contributed by atoms with van der Waals surface area (Å²) in [5.41, 5.74) is 2.58. The lowest BCUT2D eigenvalue weighted by Gasteiger charge is -2.33. The molecule has 0 spiro atoms. The predicted molar refractivity (Wildman–Crippen MR) is 165 cm³/mol. The van der Waals surface area contributed by atoms with E-state index >= 15 is 0 Å². The fraction of sp³-hybridized carbons (Fsp3) is 0.457. The first-order valence-electron chi connectivity index (χ1n) is 15.7. The van der Waals surface area contributed by atoms with Gasteiger partial charge in [0, 0.05) is 32.0 Å². The predicted octanol–water partition coefficient (Wildman–Crippen LogP) is 3.04. The number of nitrogens with one attached hydrogen (secondary N) is 1. The molecule has 10 heteroatoms. The molecule has 1 saturated carbocycles. The van der Waals surface area contributed by atoms with Crippen LogP contribution in [0.2, 0.25) is 0 Å². The molecule has 4 aliphatic rings. The number of hydrogen-bond acceptors (Lipinski definition) is 8. The molecule has 10 nitrogen and oxygen atoms in total. The van der Waals surface area contributed by atoms with Crippen molar-refractivity contribution in [1.82, 2.24) is 10.2 Å². The Morgan fingerprint density at radius 2 is 1.93 bits per heavy atom. The standard InChI is InChI=1S/C35H40N2O8/c1-37(27(33(39)36-14-15-38)17-22-6-3-2-4-7-22)34(40)26-19-30-32(43-21-42-30)31(20-26)45-35(41)25-9-5-8-23(16-25)10-11-24-12-13-28-29(18-24)44-28/h2-11,16,19,24,27-32,38H,12-15,17-18,20-21H2,1H3,(H,36,39)/t24?,27-,28?,29?,30-,31-,32-/m1/s1. The minimum atomic E-state index is -0.825. The van der Waals surface area contributed by atoms with Crippen molar-refractivity contribution in [2.45, 2.75) is 68.7 Å². The minimum absolute atomic E-state index is 0.0193. The van der Waals surface area contributed by atoms with E-state index in [4.69, 9.17) is 18.9 Å². The highest BCUT2D eigenvalue weighted by atomic mass is 16.7. The molecule has 2 heterocycles. The van der Waals surface area contributed by atoms with E-state index in [0.717, 1.165) is 30.4 Å². The van der Waals surface area contributed by atoms with E-state index < -0.39 is 30.3 Å². The van der Waals surface area contributed by atoms with E-state index in [1.165, 1.54) is 4.90 Å². The zero-order chi connectivity index (χ0) is 31.3. The summed E-state index contributed by atoms with van der Waals surface area (Å²) in [7, 11) is 1.58. The van der Waals surface area contributed by atoms with Gasteiger partial charge in [0.15, 0.2) is 0 Å². The van der Waals surface area contributed by atoms with E-state index in [1.54, 1.807) is 25.3 Å². The Balaban J connectivity index is 1.14. The Bertz CT molecular complexity index is 1440. The quantitative estimate of drug-likeness (QED) is 0.292. The van der Waals surface area contributed by atoms with Gasteiger partial charge in [0.1, 0.15) is 31.1 Å². The van der Waals surface area contributed by atoms with E-state index in [-0.39, 0.29) is 44.6 Å². The molecule has 2 aliphatic heterocycles. The second-order valence-electron chi connectivity index (χ2n) is 12.1. The van der Waals surface area contributed by atoms with Crippen LogP contribution in [0, 0.1) is 5.92 Å². The number of ether oxygens (including phenoxy) is 4. The average Bonchev–Trinajstić information content (AvgIpc) is 3.69. The second-order valence-corrected chi connectivity index (χ2v) is 12.1. The van der Waals surface area contributed by atoms with Gasteiger partial charge in [-0.25, -0.2) is 4.79 Å². The van der Waals surface area contributed by atoms with Crippen LogP contribution in [0.3, 0.4) is 0 Å². The van der Waals surface area contributed by atoms with Gasteiger partial charge in [-0.1, -0.05) is 54.6 Å². The monoisotopic (exact) mass is 616 g/mol. The lowest BCUT2D eigenvalue weighted by molar-refractivity contribution is -0.137. The third-order valence-corrected chi connectivity index (χ3v) is 9.03. The van der Waals surface area contributed by atoms with Crippen molar-refractivity contribution < 1.29 is 38.4 Å². The molecule has 0 bridgehead atoms. The second kappa shape index (κ2) is 14.1. The number of epoxide rings is 1. The Morgan fingerprint density at radius 1 is 1.09 bits per heavy atom. The van der Waals surface area contributed by atoms with Crippen LogP contribution in [-0.2, 0) is 35.0 Å². The first-order chi connectivity index (χ1) is 21.9. The summed E-state index contributed by atoms with van der Waals surface area (Å²) in [4.78, 5) is 41.7. The molecule has 6 rings (SSSR count). The normalized spacial score (nSPS) is 27.6. The number of benzene rings is 2. The fourth-order valence-corrected chi connectivity index (χ4v) is 6.45. The Labute approximate surface area is 263 Å². The van der Waals surface area contributed by atoms with Crippen LogP contribution >= 0.6 is 0 Å². The maximum atomic E-state index is 13.8. The lowest BCUT2D eigenvalue weighted by Crippen LogP contribution is -2.51. The smallest absolute Gasteiger partial charge is 0.338 e. The third kappa shape index (κ3) is 7.53. The van der Waals surface area contributed by atoms with Crippen molar-refractivity contribution >= 4 is 23.9 Å². The zero-order valence-corrected chi connectivity index (χ0v) is 25.4. The number of allylic oxidation sites excluding steroid dienone is 1. The van der Waals surface area contributed by atoms with Crippen LogP contribution in [0.5, 0.6) is 0 Å². The van der Waals surface area contributed by atoms with Gasteiger partial charge in [-0.2, -0.15) is 0 Å². The fourth-order valence-electron chi connectivity index (χ4n) is 6.45. The van der Waals surface area contributed by atoms with Crippen LogP contribution in [0.25, 0.3) is 6.08 Å². The molecule has 2 aromatic carbocycles. The van der Waals surface area contributed by atoms with Crippen molar-refractivity contribution in [3.8, 4) is 0 Å². The summed E-state index contributed by atoms with van der Waals surface area (Å²) in [5.74, 6) is -0.785. The van der Waals surface area contributed by atoms with Crippen molar-refractivity contribution in [3.63, 3.8) is 0 Å². The summed E-state index contributed by atoms with van der Waals surface area (Å²) in [6.45, 7) is -0.114. The number of carbonyl (C=O) groups is 3. The largest absolute Gasteiger partial charge is 0.456 e. The summed E-state index contributed by atoms with van der Waals surface area (Å²) >= 11 is 0. The molecule has 2 aliphatic carbocycles. The van der Waals surface area contributed by atoms with Gasteiger partial charge in [-0.05, 0) is 54.5 Å². The maximum absolute atomic E-state index is 13.8. The van der Waals surface area contributed by atoms with E-state index in [1.807, 2.05) is 48.5 Å². The van der Waals surface area contributed by atoms with Crippen molar-refractivity contribution in [3.05, 3.63) is 89.0 Å². The number of aliphatic hydroxyl groups is 1. The number of carbonyl (C=O) groups excluding carboxylic acids is 3. The number of esters is 1. The molecule has 3 fully saturated rings. The highest BCUT2D eigenvalue weighted by Gasteiger charge is 2.44. The van der Waals surface area contributed by atoms with Crippen LogP contribution in [0.4, 0.5) is 0 Å². The van der Waals surface area contributed by atoms with Crippen molar-refractivity contribution in [2.24, 2.45) is 5.92 Å². The molecule has 2 N–H and O–H groups in total. The Morgan fingerprint density at radius 3 is 2.73 bits per heavy atom. The number of hydrogen-bond donors (Lipinski definition) is 2. The van der Waals surface area contributed by atoms with Gasteiger partial charge in [0.25, 0.3) is 0 Å². The first-order valence-corrected chi connectivity index (χ1v) is 15.7. The summed E-state index contributed by atoms with van der Waals surface area (Å²) < 4.78 is 23.1. The first kappa shape index (κ1) is 31.2. The molecule has 2 aromatic rings. The topological polar surface area (TPSA) is 127 Å². The highest BCUT2D eigenvalue weighted by molar-refractivity contribution is 5.97. The summed E-state index contributed by atoms with van der Waals surface area (Å²) in [6, 6.07) is 15.9. The molecule has 238 valence electrons. The SMILES string of the molecule is CN(C(=O)C1=C[C@H]2OCO[C@H]2[C@H](OC(=O)c2cccc(C=CC3CCC4OC4C3)c2)C1)[C@H](Cc1ccccc1)C(=O)NCCO. The molecule has 3 unspecified atom stereocenters. The highest BCUT2D eigenvalue weighted by Crippen LogP contribution is 2.40. The molecular formula is C35H40N2O8. The number of rotatable bonds is 11. The van der Waals surface area contributed by atoms with Gasteiger partial charge in [0.05, 0.1) is 24.4 Å². The van der Waals surface area contributed by atoms with Gasteiger partial charge < -0.3 is 34.3 Å². The molecule has 0 aromatic heterocycles. The lowest BCUT2D eigenvalue weighted by atomic mass is 9.88. The van der Waals surface area contributed by atoms with Gasteiger partial charge >= 0.3 is 5.97 Å². The van der Waals surface area contributed by atoms with Gasteiger partial charge in [-0.3, -0.25) is 9.59 Å². The van der Waals surface area contributed by atoms with Crippen molar-refractivity contribution in [1.29, 1.82) is 0 Å².